The standard InChI is InChI=1S/C11H9NO.C10H12.C10H8.C9H11N.C9H7N.C9H10O.C9H10.C8H9NO.C8H7N.C8H8O.C8H6O.C8H6S.C7H8S.C6H6/c1-2-9-11-8(4-6-12-9)5-7-13-10(11)3-1;2*1-2-6-10-8-4-3-7-9(10)5-1;3*1-2-6-9-8(4-1)5-3-7-10-9;1-2-5-9-7-3-6-8(9)4-1;1-2-4-8-7(3-1)9-5-6-10-8;4*1-2-4-8-7(3-1)5-6-9-8;1-2-6-4-5-8-7(6)3-1;1-2-4-6-5-3-1/h1-4,6H,5,7H2;1-2,5-6H,3-4,7-8H2;1-8H;1-2,4,6,10H,3,5,7H2;1-7H;1-2,4,6H,3,5,7H2;1-2,4-5H,3,6-7H2;1-4,9H,5-6H2;1-6,9H;1-4H,5-6H2;2*1-6H;4-5H,1-3H2;1-6H. The Hall–Kier alpha value is -14.3. The first-order valence-corrected chi connectivity index (χ1v) is 48.3. The second-order valence-electron chi connectivity index (χ2n) is 32.4. The first-order valence-electron chi connectivity index (χ1n) is 46.5. The summed E-state index contributed by atoms with van der Waals surface area (Å²) in [5.41, 5.74) is 20.1. The molecule has 3 aliphatic carbocycles. The van der Waals surface area contributed by atoms with Crippen LogP contribution >= 0.6 is 22.7 Å². The number of para-hydroxylation sites is 8. The van der Waals surface area contributed by atoms with Gasteiger partial charge < -0.3 is 39.0 Å². The molecule has 20 aromatic rings. The number of pyridine rings is 2. The normalized spacial score (nSPS) is 13.2. The Morgan fingerprint density at radius 1 is 0.250 bits per heavy atom. The van der Waals surface area contributed by atoms with E-state index in [1.54, 1.807) is 50.3 Å². The van der Waals surface area contributed by atoms with E-state index in [9.17, 15) is 0 Å². The molecule has 28 rings (SSSR count). The zero-order valence-electron chi connectivity index (χ0n) is 75.2. The van der Waals surface area contributed by atoms with Gasteiger partial charge in [0, 0.05) is 81.5 Å². The molecule has 0 bridgehead atoms. The summed E-state index contributed by atoms with van der Waals surface area (Å²) in [5.74, 6) is 4.09. The van der Waals surface area contributed by atoms with E-state index in [-0.39, 0.29) is 0 Å². The second-order valence-corrected chi connectivity index (χ2v) is 34.4. The van der Waals surface area contributed by atoms with Crippen LogP contribution in [0.25, 0.3) is 64.5 Å². The second kappa shape index (κ2) is 51.8. The van der Waals surface area contributed by atoms with Crippen LogP contribution in [0.1, 0.15) is 93.5 Å². The minimum Gasteiger partial charge on any atom is -0.493 e. The molecule has 14 aromatic carbocycles. The summed E-state index contributed by atoms with van der Waals surface area (Å²) in [7, 11) is 0. The molecule has 0 atom stereocenters. The van der Waals surface area contributed by atoms with Crippen molar-refractivity contribution in [3.63, 3.8) is 0 Å². The quantitative estimate of drug-likeness (QED) is 0.137. The molecular formula is C120H117N5O5S2. The maximum Gasteiger partial charge on any atom is 0.142 e. The van der Waals surface area contributed by atoms with E-state index in [2.05, 4.69) is 249 Å². The van der Waals surface area contributed by atoms with E-state index in [4.69, 9.17) is 23.4 Å². The number of fused-ring (bicyclic) bond motifs is 12. The summed E-state index contributed by atoms with van der Waals surface area (Å²) in [5, 5.41) is 19.7. The highest BCUT2D eigenvalue weighted by molar-refractivity contribution is 7.17. The molecule has 0 spiro atoms. The molecule has 12 heteroatoms. The molecule has 0 amide bonds. The van der Waals surface area contributed by atoms with Gasteiger partial charge in [0.25, 0.3) is 0 Å². The van der Waals surface area contributed by atoms with Crippen molar-refractivity contribution >= 4 is 98.6 Å². The number of anilines is 2. The molecule has 10 nitrogen and oxygen atoms in total. The van der Waals surface area contributed by atoms with Crippen molar-refractivity contribution in [3.05, 3.63) is 479 Å². The number of rotatable bonds is 0. The Morgan fingerprint density at radius 3 is 1.37 bits per heavy atom. The molecule has 0 radical (unpaired) electrons. The van der Waals surface area contributed by atoms with Gasteiger partial charge in [-0.15, -0.1) is 22.7 Å². The maximum absolute atomic E-state index is 5.56. The maximum atomic E-state index is 5.56. The molecule has 0 saturated heterocycles. The number of thiophene rings is 2. The zero-order valence-corrected chi connectivity index (χ0v) is 76.9. The van der Waals surface area contributed by atoms with E-state index >= 15 is 0 Å². The number of aromatic nitrogens is 3. The fraction of sp³-hybridized carbons (Fsp3) is 0.183. The number of hydrogen-bond donors (Lipinski definition) is 3. The summed E-state index contributed by atoms with van der Waals surface area (Å²) < 4.78 is 28.1. The number of benzene rings is 14. The van der Waals surface area contributed by atoms with Crippen molar-refractivity contribution < 1.29 is 23.4 Å². The average molecular weight is 1770 g/mol. The number of nitrogens with zero attached hydrogens (tertiary/aromatic N) is 2. The van der Waals surface area contributed by atoms with Crippen LogP contribution in [0.15, 0.2) is 428 Å². The van der Waals surface area contributed by atoms with Crippen LogP contribution in [-0.2, 0) is 64.2 Å². The molecule has 0 unspecified atom stereocenters. The highest BCUT2D eigenvalue weighted by Crippen LogP contribution is 2.33. The Labute approximate surface area is 786 Å². The van der Waals surface area contributed by atoms with Gasteiger partial charge in [0.15, 0.2) is 0 Å². The SMILES string of the molecule is c1cc2c(s1)CCC2.c1cc2c3c(ccnc3c1)CCO2.c1ccc2[nH]ccc2c1.c1ccc2c(c1)CCC2.c1ccc2c(c1)CCCC2.c1ccc2c(c1)CCCN2.c1ccc2c(c1)CCCO2.c1ccc2c(c1)CCO2.c1ccc2c(c1)NCCO2.c1ccc2ccccc2c1.c1ccc2ncccc2c1.c1ccc2occc2c1.c1ccc2sccc2c1.c1ccccc1. The average Bonchev–Trinajstić information content (AvgIpc) is 1.36. The number of aromatic amines is 1. The van der Waals surface area contributed by atoms with Gasteiger partial charge in [-0.2, -0.15) is 0 Å². The van der Waals surface area contributed by atoms with Gasteiger partial charge in [-0.3, -0.25) is 9.97 Å². The Balaban J connectivity index is 0.000000109. The lowest BCUT2D eigenvalue weighted by Crippen LogP contribution is -2.17. The fourth-order valence-electron chi connectivity index (χ4n) is 16.5. The minimum atomic E-state index is 0.775. The van der Waals surface area contributed by atoms with E-state index in [0.717, 1.165) is 109 Å². The van der Waals surface area contributed by atoms with Crippen LogP contribution in [0.3, 0.4) is 0 Å². The number of ether oxygens (including phenoxy) is 4. The van der Waals surface area contributed by atoms with Crippen LogP contribution in [-0.4, -0.2) is 54.5 Å². The van der Waals surface area contributed by atoms with Crippen molar-refractivity contribution in [2.45, 2.75) is 103 Å². The number of H-pyrrole nitrogens is 1. The van der Waals surface area contributed by atoms with Gasteiger partial charge in [-0.1, -0.05) is 285 Å². The molecule has 0 fully saturated rings. The smallest absolute Gasteiger partial charge is 0.142 e. The van der Waals surface area contributed by atoms with Crippen molar-refractivity contribution in [2.24, 2.45) is 0 Å². The summed E-state index contributed by atoms with van der Waals surface area (Å²) in [6, 6.07) is 132. The number of hydrogen-bond acceptors (Lipinski definition) is 11. The largest absolute Gasteiger partial charge is 0.493 e. The molecular weight excluding hydrogens is 1660 g/mol. The topological polar surface area (TPSA) is 116 Å². The molecule has 3 N–H and O–H groups in total. The summed E-state index contributed by atoms with van der Waals surface area (Å²) in [6.07, 6.45) is 27.7. The molecule has 0 saturated carbocycles. The van der Waals surface area contributed by atoms with E-state index in [0.29, 0.717) is 0 Å². The number of furan rings is 1. The highest BCUT2D eigenvalue weighted by Gasteiger charge is 2.16. The third-order valence-electron chi connectivity index (χ3n) is 23.4. The third kappa shape index (κ3) is 28.6. The first-order chi connectivity index (χ1) is 65.5. The molecule has 132 heavy (non-hydrogen) atoms. The fourth-order valence-corrected chi connectivity index (χ4v) is 18.3. The predicted molar refractivity (Wildman–Crippen MR) is 557 cm³/mol. The molecule has 8 aliphatic rings. The van der Waals surface area contributed by atoms with Crippen LogP contribution in [0.4, 0.5) is 11.4 Å². The third-order valence-corrected chi connectivity index (χ3v) is 25.3. The van der Waals surface area contributed by atoms with Crippen LogP contribution in [0.2, 0.25) is 0 Å². The van der Waals surface area contributed by atoms with Crippen LogP contribution in [0, 0.1) is 0 Å². The minimum absolute atomic E-state index is 0.775. The lowest BCUT2D eigenvalue weighted by Gasteiger charge is -2.17. The Morgan fingerprint density at radius 2 is 0.727 bits per heavy atom. The molecule has 11 heterocycles. The van der Waals surface area contributed by atoms with Crippen molar-refractivity contribution in [1.82, 2.24) is 15.0 Å². The van der Waals surface area contributed by atoms with Gasteiger partial charge in [-0.05, 0) is 275 Å². The summed E-state index contributed by atoms with van der Waals surface area (Å²) >= 11 is 3.70. The number of nitrogens with one attached hydrogen (secondary N) is 3. The summed E-state index contributed by atoms with van der Waals surface area (Å²) in [6.45, 7) is 5.36. The first kappa shape index (κ1) is 92.4. The monoisotopic (exact) mass is 1770 g/mol. The Bertz CT molecular complexity index is 5840. The highest BCUT2D eigenvalue weighted by atomic mass is 32.1. The zero-order chi connectivity index (χ0) is 89.7. The molecule has 6 aromatic heterocycles. The van der Waals surface area contributed by atoms with Gasteiger partial charge in [0.1, 0.15) is 35.2 Å². The van der Waals surface area contributed by atoms with Crippen LogP contribution in [0.5, 0.6) is 23.0 Å². The Kier molecular flexibility index (Phi) is 36.3. The summed E-state index contributed by atoms with van der Waals surface area (Å²) in [4.78, 5) is 13.2. The van der Waals surface area contributed by atoms with Gasteiger partial charge in [0.05, 0.1) is 42.8 Å². The van der Waals surface area contributed by atoms with Crippen molar-refractivity contribution in [2.75, 3.05) is 50.2 Å². The number of aryl methyl sites for hydroxylation is 8. The van der Waals surface area contributed by atoms with E-state index in [1.165, 1.54) is 154 Å². The van der Waals surface area contributed by atoms with Gasteiger partial charge in [0.2, 0.25) is 0 Å². The molecule has 664 valence electrons. The van der Waals surface area contributed by atoms with Crippen molar-refractivity contribution in [3.8, 4) is 23.0 Å². The predicted octanol–water partition coefficient (Wildman–Crippen LogP) is 30.6. The van der Waals surface area contributed by atoms with Crippen molar-refractivity contribution in [1.29, 1.82) is 0 Å². The molecule has 5 aliphatic heterocycles. The van der Waals surface area contributed by atoms with Crippen LogP contribution < -0.4 is 29.6 Å². The lowest BCUT2D eigenvalue weighted by atomic mass is 9.92. The van der Waals surface area contributed by atoms with E-state index in [1.807, 2.05) is 206 Å². The lowest BCUT2D eigenvalue weighted by molar-refractivity contribution is 0.288. The van der Waals surface area contributed by atoms with Gasteiger partial charge >= 0.3 is 0 Å². The van der Waals surface area contributed by atoms with E-state index < -0.39 is 0 Å². The van der Waals surface area contributed by atoms with Gasteiger partial charge in [-0.25, -0.2) is 0 Å².